The van der Waals surface area contributed by atoms with Crippen molar-refractivity contribution < 1.29 is 24.7 Å². The number of amides is 1. The van der Waals surface area contributed by atoms with Crippen LogP contribution in [-0.4, -0.2) is 43.4 Å². The molecule has 0 saturated carbocycles. The van der Waals surface area contributed by atoms with Crippen molar-refractivity contribution in [3.63, 3.8) is 0 Å². The van der Waals surface area contributed by atoms with E-state index in [1.54, 1.807) is 7.11 Å². The summed E-state index contributed by atoms with van der Waals surface area (Å²) in [6.07, 6.45) is 0.779. The second kappa shape index (κ2) is 9.37. The molecule has 0 bridgehead atoms. The minimum atomic E-state index is -0.279. The van der Waals surface area contributed by atoms with Gasteiger partial charge >= 0.3 is 0 Å². The van der Waals surface area contributed by atoms with Crippen LogP contribution < -0.4 is 20.1 Å². The second-order valence-corrected chi connectivity index (χ2v) is 6.43. The molecule has 0 saturated heterocycles. The topological polar surface area (TPSA) is 84.4 Å². The molecule has 0 spiro atoms. The molecule has 6 heteroatoms. The van der Waals surface area contributed by atoms with Gasteiger partial charge in [-0.3, -0.25) is 4.79 Å². The van der Waals surface area contributed by atoms with E-state index >= 15 is 0 Å². The Morgan fingerprint density at radius 3 is 2.65 bits per heavy atom. The Labute approximate surface area is 138 Å². The van der Waals surface area contributed by atoms with Crippen molar-refractivity contribution in [2.75, 3.05) is 26.9 Å². The standard InChI is InChI=1S/C17H28N2O4/c1-17(2,3)19-16(21)12-23-14-7-6-13(10-15(14)22-4)11-18-8-5-9-20/h6-7,10,18,20H,5,8-9,11-12H2,1-4H3,(H,19,21)/p+1. The number of quaternary nitrogens is 1. The van der Waals surface area contributed by atoms with E-state index in [9.17, 15) is 4.79 Å². The van der Waals surface area contributed by atoms with E-state index in [0.717, 1.165) is 25.1 Å². The first-order valence-corrected chi connectivity index (χ1v) is 7.89. The summed E-state index contributed by atoms with van der Waals surface area (Å²) < 4.78 is 10.9. The monoisotopic (exact) mass is 325 g/mol. The van der Waals surface area contributed by atoms with E-state index < -0.39 is 0 Å². The molecule has 6 nitrogen and oxygen atoms in total. The largest absolute Gasteiger partial charge is 0.493 e. The first-order chi connectivity index (χ1) is 10.9. The van der Waals surface area contributed by atoms with Crippen molar-refractivity contribution in [1.29, 1.82) is 0 Å². The van der Waals surface area contributed by atoms with Crippen molar-refractivity contribution >= 4 is 5.91 Å². The molecule has 1 aromatic carbocycles. The van der Waals surface area contributed by atoms with Gasteiger partial charge in [-0.1, -0.05) is 0 Å². The molecule has 1 aromatic rings. The SMILES string of the molecule is COc1cc(C[NH2+]CCCO)ccc1OCC(=O)NC(C)(C)C. The number of methoxy groups -OCH3 is 1. The second-order valence-electron chi connectivity index (χ2n) is 6.43. The zero-order chi connectivity index (χ0) is 17.3. The molecule has 1 amide bonds. The van der Waals surface area contributed by atoms with Crippen molar-refractivity contribution in [2.24, 2.45) is 0 Å². The predicted molar refractivity (Wildman–Crippen MR) is 88.6 cm³/mol. The van der Waals surface area contributed by atoms with Crippen LogP contribution in [0.3, 0.4) is 0 Å². The molecule has 0 radical (unpaired) electrons. The van der Waals surface area contributed by atoms with E-state index in [2.05, 4.69) is 10.6 Å². The molecule has 0 atom stereocenters. The highest BCUT2D eigenvalue weighted by molar-refractivity contribution is 5.78. The number of aliphatic hydroxyl groups is 1. The van der Waals surface area contributed by atoms with Gasteiger partial charge in [0.05, 0.1) is 13.7 Å². The van der Waals surface area contributed by atoms with Crippen LogP contribution in [0, 0.1) is 0 Å². The number of hydrogen-bond acceptors (Lipinski definition) is 4. The van der Waals surface area contributed by atoms with E-state index in [4.69, 9.17) is 14.6 Å². The van der Waals surface area contributed by atoms with Crippen LogP contribution >= 0.6 is 0 Å². The minimum absolute atomic E-state index is 0.0460. The molecule has 23 heavy (non-hydrogen) atoms. The normalized spacial score (nSPS) is 11.2. The zero-order valence-corrected chi connectivity index (χ0v) is 14.5. The van der Waals surface area contributed by atoms with Crippen molar-refractivity contribution in [3.05, 3.63) is 23.8 Å². The average molecular weight is 325 g/mol. The van der Waals surface area contributed by atoms with Crippen LogP contribution in [0.25, 0.3) is 0 Å². The third-order valence-electron chi connectivity index (χ3n) is 3.05. The van der Waals surface area contributed by atoms with Crippen LogP contribution in [0.2, 0.25) is 0 Å². The van der Waals surface area contributed by atoms with Crippen LogP contribution in [0.1, 0.15) is 32.8 Å². The summed E-state index contributed by atoms with van der Waals surface area (Å²) in [6, 6.07) is 5.68. The van der Waals surface area contributed by atoms with E-state index in [1.807, 2.05) is 39.0 Å². The van der Waals surface area contributed by atoms with Crippen molar-refractivity contribution in [1.82, 2.24) is 5.32 Å². The number of carbonyl (C=O) groups excluding carboxylic acids is 1. The Hall–Kier alpha value is -1.79. The Kier molecular flexibility index (Phi) is 7.85. The summed E-state index contributed by atoms with van der Waals surface area (Å²) in [4.78, 5) is 11.8. The summed E-state index contributed by atoms with van der Waals surface area (Å²) in [5.74, 6) is 0.998. The Morgan fingerprint density at radius 1 is 1.30 bits per heavy atom. The number of nitrogens with two attached hydrogens (primary N) is 1. The molecular weight excluding hydrogens is 296 g/mol. The first kappa shape index (κ1) is 19.3. The van der Waals surface area contributed by atoms with E-state index in [0.29, 0.717) is 11.5 Å². The molecule has 0 aliphatic heterocycles. The van der Waals surface area contributed by atoms with Gasteiger partial charge in [0.1, 0.15) is 6.54 Å². The quantitative estimate of drug-likeness (QED) is 0.575. The summed E-state index contributed by atoms with van der Waals surface area (Å²) >= 11 is 0. The smallest absolute Gasteiger partial charge is 0.258 e. The fraction of sp³-hybridized carbons (Fsp3) is 0.588. The van der Waals surface area contributed by atoms with Gasteiger partial charge in [0.15, 0.2) is 18.1 Å². The molecule has 0 heterocycles. The van der Waals surface area contributed by atoms with Crippen LogP contribution in [0.15, 0.2) is 18.2 Å². The number of carbonyl (C=O) groups is 1. The lowest BCUT2D eigenvalue weighted by atomic mass is 10.1. The molecule has 0 fully saturated rings. The van der Waals surface area contributed by atoms with Gasteiger partial charge in [-0.05, 0) is 39.0 Å². The number of benzene rings is 1. The molecule has 130 valence electrons. The maximum absolute atomic E-state index is 11.8. The number of nitrogens with one attached hydrogen (secondary N) is 1. The Bertz CT molecular complexity index is 498. The van der Waals surface area contributed by atoms with Gasteiger partial charge < -0.3 is 25.2 Å². The maximum Gasteiger partial charge on any atom is 0.258 e. The van der Waals surface area contributed by atoms with Crippen LogP contribution in [-0.2, 0) is 11.3 Å². The fourth-order valence-electron chi connectivity index (χ4n) is 2.06. The van der Waals surface area contributed by atoms with Gasteiger partial charge in [-0.25, -0.2) is 0 Å². The molecular formula is C17H29N2O4+. The van der Waals surface area contributed by atoms with Crippen LogP contribution in [0.5, 0.6) is 11.5 Å². The van der Waals surface area contributed by atoms with Gasteiger partial charge in [0, 0.05) is 24.1 Å². The molecule has 4 N–H and O–H groups in total. The third kappa shape index (κ3) is 7.85. The number of aliphatic hydroxyl groups excluding tert-OH is 1. The van der Waals surface area contributed by atoms with Gasteiger partial charge in [0.25, 0.3) is 5.91 Å². The van der Waals surface area contributed by atoms with Crippen molar-refractivity contribution in [2.45, 2.75) is 39.3 Å². The molecule has 0 aromatic heterocycles. The third-order valence-corrected chi connectivity index (χ3v) is 3.05. The summed E-state index contributed by atoms with van der Waals surface area (Å²) in [5, 5.41) is 13.7. The highest BCUT2D eigenvalue weighted by Crippen LogP contribution is 2.27. The summed E-state index contributed by atoms with van der Waals surface area (Å²) in [5.41, 5.74) is 0.824. The van der Waals surface area contributed by atoms with Gasteiger partial charge in [0.2, 0.25) is 0 Å². The summed E-state index contributed by atoms with van der Waals surface area (Å²) in [7, 11) is 1.58. The summed E-state index contributed by atoms with van der Waals surface area (Å²) in [6.45, 7) is 7.62. The molecule has 0 unspecified atom stereocenters. The van der Waals surface area contributed by atoms with Crippen molar-refractivity contribution in [3.8, 4) is 11.5 Å². The number of hydrogen-bond donors (Lipinski definition) is 3. The molecule has 0 aliphatic carbocycles. The predicted octanol–water partition coefficient (Wildman–Crippen LogP) is 0.435. The molecule has 1 rings (SSSR count). The van der Waals surface area contributed by atoms with E-state index in [-0.39, 0.29) is 24.7 Å². The van der Waals surface area contributed by atoms with Gasteiger partial charge in [-0.15, -0.1) is 0 Å². The molecule has 0 aliphatic rings. The Morgan fingerprint density at radius 2 is 2.04 bits per heavy atom. The number of ether oxygens (including phenoxy) is 2. The lowest BCUT2D eigenvalue weighted by Crippen LogP contribution is -2.82. The van der Waals surface area contributed by atoms with Gasteiger partial charge in [-0.2, -0.15) is 0 Å². The minimum Gasteiger partial charge on any atom is -0.493 e. The highest BCUT2D eigenvalue weighted by atomic mass is 16.5. The Balaban J connectivity index is 2.57. The zero-order valence-electron chi connectivity index (χ0n) is 14.5. The highest BCUT2D eigenvalue weighted by Gasteiger charge is 2.15. The lowest BCUT2D eigenvalue weighted by Gasteiger charge is -2.20. The lowest BCUT2D eigenvalue weighted by molar-refractivity contribution is -0.671. The number of rotatable bonds is 9. The van der Waals surface area contributed by atoms with Crippen LogP contribution in [0.4, 0.5) is 0 Å². The maximum atomic E-state index is 11.8. The first-order valence-electron chi connectivity index (χ1n) is 7.89. The fourth-order valence-corrected chi connectivity index (χ4v) is 2.06. The average Bonchev–Trinajstić information content (AvgIpc) is 2.48. The van der Waals surface area contributed by atoms with E-state index in [1.165, 1.54) is 0 Å².